The van der Waals surface area contributed by atoms with Crippen LogP contribution in [0.25, 0.3) is 11.4 Å². The van der Waals surface area contributed by atoms with Crippen LogP contribution in [-0.2, 0) is 0 Å². The SMILES string of the molecule is COc1cc(-c2nc(C(=O)O)c(C)[nH]2)ccc1F. The molecule has 6 heteroatoms. The molecule has 94 valence electrons. The number of nitrogens with one attached hydrogen (secondary N) is 1. The number of imidazole rings is 1. The van der Waals surface area contributed by atoms with E-state index in [1.807, 2.05) is 0 Å². The molecule has 0 unspecified atom stereocenters. The molecule has 0 aliphatic carbocycles. The average molecular weight is 250 g/mol. The molecule has 0 amide bonds. The molecule has 2 rings (SSSR count). The molecule has 5 nitrogen and oxygen atoms in total. The summed E-state index contributed by atoms with van der Waals surface area (Å²) in [7, 11) is 1.36. The number of hydrogen-bond donors (Lipinski definition) is 2. The van der Waals surface area contributed by atoms with E-state index in [2.05, 4.69) is 9.97 Å². The number of hydrogen-bond acceptors (Lipinski definition) is 3. The van der Waals surface area contributed by atoms with Gasteiger partial charge in [0.1, 0.15) is 5.82 Å². The van der Waals surface area contributed by atoms with Gasteiger partial charge in [-0.3, -0.25) is 0 Å². The summed E-state index contributed by atoms with van der Waals surface area (Å²) in [6, 6.07) is 4.20. The Hall–Kier alpha value is -2.37. The summed E-state index contributed by atoms with van der Waals surface area (Å²) < 4.78 is 18.1. The molecule has 0 aliphatic heterocycles. The molecule has 1 aromatic heterocycles. The molecule has 0 saturated carbocycles. The minimum Gasteiger partial charge on any atom is -0.494 e. The number of H-pyrrole nitrogens is 1. The van der Waals surface area contributed by atoms with Gasteiger partial charge in [0.25, 0.3) is 0 Å². The van der Waals surface area contributed by atoms with Crippen molar-refractivity contribution >= 4 is 5.97 Å². The highest BCUT2D eigenvalue weighted by atomic mass is 19.1. The van der Waals surface area contributed by atoms with Crippen LogP contribution in [0.1, 0.15) is 16.2 Å². The fourth-order valence-corrected chi connectivity index (χ4v) is 1.61. The Morgan fingerprint density at radius 2 is 2.22 bits per heavy atom. The predicted molar refractivity (Wildman–Crippen MR) is 62.2 cm³/mol. The van der Waals surface area contributed by atoms with Crippen LogP contribution in [0.4, 0.5) is 4.39 Å². The molecule has 0 spiro atoms. The van der Waals surface area contributed by atoms with E-state index in [0.29, 0.717) is 17.1 Å². The normalized spacial score (nSPS) is 10.4. The Morgan fingerprint density at radius 3 is 2.78 bits per heavy atom. The van der Waals surface area contributed by atoms with Crippen molar-refractivity contribution in [2.45, 2.75) is 6.92 Å². The van der Waals surface area contributed by atoms with Gasteiger partial charge in [-0.05, 0) is 25.1 Å². The van der Waals surface area contributed by atoms with Crippen molar-refractivity contribution in [2.75, 3.05) is 7.11 Å². The maximum absolute atomic E-state index is 13.2. The molecule has 0 fully saturated rings. The van der Waals surface area contributed by atoms with E-state index < -0.39 is 11.8 Å². The number of nitrogens with zero attached hydrogens (tertiary/aromatic N) is 1. The lowest BCUT2D eigenvalue weighted by Crippen LogP contribution is -1.98. The van der Waals surface area contributed by atoms with Crippen molar-refractivity contribution in [3.05, 3.63) is 35.4 Å². The molecule has 2 aromatic rings. The van der Waals surface area contributed by atoms with Crippen LogP contribution in [0, 0.1) is 12.7 Å². The number of carboxylic acid groups (broad SMARTS) is 1. The second-order valence-electron chi connectivity index (χ2n) is 3.71. The summed E-state index contributed by atoms with van der Waals surface area (Å²) in [5.74, 6) is -1.14. The van der Waals surface area contributed by atoms with E-state index in [9.17, 15) is 9.18 Å². The second-order valence-corrected chi connectivity index (χ2v) is 3.71. The van der Waals surface area contributed by atoms with Crippen molar-refractivity contribution < 1.29 is 19.0 Å². The van der Waals surface area contributed by atoms with Crippen molar-refractivity contribution in [3.63, 3.8) is 0 Å². The minimum absolute atomic E-state index is 0.0479. The smallest absolute Gasteiger partial charge is 0.356 e. The number of aryl methyl sites for hydroxylation is 1. The van der Waals surface area contributed by atoms with E-state index in [1.54, 1.807) is 6.92 Å². The number of rotatable bonds is 3. The summed E-state index contributed by atoms with van der Waals surface area (Å²) in [4.78, 5) is 17.7. The zero-order chi connectivity index (χ0) is 13.3. The summed E-state index contributed by atoms with van der Waals surface area (Å²) in [5, 5.41) is 8.90. The van der Waals surface area contributed by atoms with Crippen molar-refractivity contribution in [3.8, 4) is 17.1 Å². The van der Waals surface area contributed by atoms with Crippen molar-refractivity contribution in [1.82, 2.24) is 9.97 Å². The summed E-state index contributed by atoms with van der Waals surface area (Å²) in [6.07, 6.45) is 0. The maximum Gasteiger partial charge on any atom is 0.356 e. The molecule has 0 aliphatic rings. The second kappa shape index (κ2) is 4.48. The van der Waals surface area contributed by atoms with E-state index in [1.165, 1.54) is 25.3 Å². The Balaban J connectivity index is 2.49. The lowest BCUT2D eigenvalue weighted by molar-refractivity contribution is 0.0690. The fourth-order valence-electron chi connectivity index (χ4n) is 1.61. The predicted octanol–water partition coefficient (Wildman–Crippen LogP) is 2.23. The zero-order valence-corrected chi connectivity index (χ0v) is 9.82. The summed E-state index contributed by atoms with van der Waals surface area (Å²) in [6.45, 7) is 1.61. The van der Waals surface area contributed by atoms with Gasteiger partial charge in [0.15, 0.2) is 17.3 Å². The molecule has 1 aromatic carbocycles. The quantitative estimate of drug-likeness (QED) is 0.875. The number of carboxylic acids is 1. The molecule has 1 heterocycles. The fraction of sp³-hybridized carbons (Fsp3) is 0.167. The average Bonchev–Trinajstić information content (AvgIpc) is 2.72. The Labute approximate surface area is 102 Å². The zero-order valence-electron chi connectivity index (χ0n) is 9.82. The molecule has 0 saturated heterocycles. The number of ether oxygens (including phenoxy) is 1. The number of aromatic amines is 1. The van der Waals surface area contributed by atoms with E-state index in [4.69, 9.17) is 9.84 Å². The van der Waals surface area contributed by atoms with Crippen LogP contribution in [0.15, 0.2) is 18.2 Å². The number of aromatic nitrogens is 2. The lowest BCUT2D eigenvalue weighted by atomic mass is 10.2. The number of carbonyl (C=O) groups is 1. The van der Waals surface area contributed by atoms with Gasteiger partial charge in [-0.15, -0.1) is 0 Å². The molecule has 0 atom stereocenters. The highest BCUT2D eigenvalue weighted by Gasteiger charge is 2.15. The van der Waals surface area contributed by atoms with Crippen LogP contribution in [0.5, 0.6) is 5.75 Å². The monoisotopic (exact) mass is 250 g/mol. The molecule has 0 radical (unpaired) electrons. The highest BCUT2D eigenvalue weighted by molar-refractivity contribution is 5.87. The largest absolute Gasteiger partial charge is 0.494 e. The highest BCUT2D eigenvalue weighted by Crippen LogP contribution is 2.25. The first-order valence-corrected chi connectivity index (χ1v) is 5.16. The van der Waals surface area contributed by atoms with Crippen LogP contribution in [0.2, 0.25) is 0 Å². The van der Waals surface area contributed by atoms with Gasteiger partial charge < -0.3 is 14.8 Å². The third-order valence-electron chi connectivity index (χ3n) is 2.51. The first kappa shape index (κ1) is 12.1. The first-order valence-electron chi connectivity index (χ1n) is 5.16. The van der Waals surface area contributed by atoms with Gasteiger partial charge in [-0.25, -0.2) is 14.2 Å². The molecular weight excluding hydrogens is 239 g/mol. The molecule has 0 bridgehead atoms. The van der Waals surface area contributed by atoms with E-state index >= 15 is 0 Å². The van der Waals surface area contributed by atoms with Gasteiger partial charge >= 0.3 is 5.97 Å². The van der Waals surface area contributed by atoms with E-state index in [-0.39, 0.29) is 11.4 Å². The molecule has 2 N–H and O–H groups in total. The van der Waals surface area contributed by atoms with Crippen molar-refractivity contribution in [1.29, 1.82) is 0 Å². The van der Waals surface area contributed by atoms with Gasteiger partial charge in [0.2, 0.25) is 0 Å². The van der Waals surface area contributed by atoms with Crippen molar-refractivity contribution in [2.24, 2.45) is 0 Å². The lowest BCUT2D eigenvalue weighted by Gasteiger charge is -2.03. The third-order valence-corrected chi connectivity index (χ3v) is 2.51. The van der Waals surface area contributed by atoms with Crippen LogP contribution < -0.4 is 4.74 Å². The van der Waals surface area contributed by atoms with Gasteiger partial charge in [0.05, 0.1) is 7.11 Å². The van der Waals surface area contributed by atoms with E-state index in [0.717, 1.165) is 0 Å². The van der Waals surface area contributed by atoms with Crippen LogP contribution in [-0.4, -0.2) is 28.2 Å². The first-order chi connectivity index (χ1) is 8.52. The van der Waals surface area contributed by atoms with Gasteiger partial charge in [0, 0.05) is 11.3 Å². The van der Waals surface area contributed by atoms with Crippen LogP contribution >= 0.6 is 0 Å². The minimum atomic E-state index is -1.11. The van der Waals surface area contributed by atoms with Crippen LogP contribution in [0.3, 0.4) is 0 Å². The Kier molecular flexibility index (Phi) is 3.01. The standard InChI is InChI=1S/C12H11FN2O3/c1-6-10(12(16)17)15-11(14-6)7-3-4-8(13)9(5-7)18-2/h3-5H,1-2H3,(H,14,15)(H,16,17). The third kappa shape index (κ3) is 2.04. The number of methoxy groups -OCH3 is 1. The number of aromatic carboxylic acids is 1. The van der Waals surface area contributed by atoms with Gasteiger partial charge in [-0.1, -0.05) is 0 Å². The topological polar surface area (TPSA) is 75.2 Å². The maximum atomic E-state index is 13.2. The number of benzene rings is 1. The van der Waals surface area contributed by atoms with Gasteiger partial charge in [-0.2, -0.15) is 0 Å². The molecular formula is C12H11FN2O3. The Morgan fingerprint density at radius 1 is 1.50 bits per heavy atom. The summed E-state index contributed by atoms with van der Waals surface area (Å²) >= 11 is 0. The molecule has 18 heavy (non-hydrogen) atoms. The Bertz CT molecular complexity index is 607. The summed E-state index contributed by atoms with van der Waals surface area (Å²) in [5.41, 5.74) is 0.956. The number of halogens is 1.